The summed E-state index contributed by atoms with van der Waals surface area (Å²) in [5, 5.41) is 1.20. The number of para-hydroxylation sites is 1. The fourth-order valence-corrected chi connectivity index (χ4v) is 1.96. The van der Waals surface area contributed by atoms with Crippen LogP contribution in [0.4, 0.5) is 0 Å². The summed E-state index contributed by atoms with van der Waals surface area (Å²) in [5.74, 6) is 0.170. The molecule has 0 saturated carbocycles. The van der Waals surface area contributed by atoms with Crippen molar-refractivity contribution >= 4 is 22.8 Å². The van der Waals surface area contributed by atoms with Crippen molar-refractivity contribution in [2.75, 3.05) is 0 Å². The highest BCUT2D eigenvalue weighted by atomic mass is 16.1. The molecule has 68 valence electrons. The zero-order valence-corrected chi connectivity index (χ0v) is 7.58. The van der Waals surface area contributed by atoms with Gasteiger partial charge in [0.15, 0.2) is 5.78 Å². The minimum Gasteiger partial charge on any atom is -0.358 e. The molecule has 0 fully saturated rings. The molecule has 1 aromatic carbocycles. The third-order valence-corrected chi connectivity index (χ3v) is 2.61. The monoisotopic (exact) mass is 183 g/mol. The van der Waals surface area contributed by atoms with Gasteiger partial charge >= 0.3 is 0 Å². The predicted molar refractivity (Wildman–Crippen MR) is 56.0 cm³/mol. The van der Waals surface area contributed by atoms with Gasteiger partial charge in [0.2, 0.25) is 0 Å². The summed E-state index contributed by atoms with van der Waals surface area (Å²) in [7, 11) is 0. The van der Waals surface area contributed by atoms with Gasteiger partial charge in [0.25, 0.3) is 0 Å². The second-order valence-corrected chi connectivity index (χ2v) is 3.54. The lowest BCUT2D eigenvalue weighted by Gasteiger charge is -2.02. The lowest BCUT2D eigenvalue weighted by molar-refractivity contribution is -0.114. The minimum atomic E-state index is 0.170. The van der Waals surface area contributed by atoms with Gasteiger partial charge in [-0.05, 0) is 18.2 Å². The first-order valence-electron chi connectivity index (χ1n) is 4.65. The molecule has 2 nitrogen and oxygen atoms in total. The maximum absolute atomic E-state index is 11.2. The first-order valence-corrected chi connectivity index (χ1v) is 4.65. The van der Waals surface area contributed by atoms with Crippen molar-refractivity contribution in [3.63, 3.8) is 0 Å². The summed E-state index contributed by atoms with van der Waals surface area (Å²) in [6.07, 6.45) is 4.06. The summed E-state index contributed by atoms with van der Waals surface area (Å²) in [4.78, 5) is 14.5. The van der Waals surface area contributed by atoms with Crippen molar-refractivity contribution in [3.05, 3.63) is 41.6 Å². The molecule has 1 aliphatic rings. The van der Waals surface area contributed by atoms with E-state index in [1.54, 1.807) is 6.08 Å². The van der Waals surface area contributed by atoms with E-state index in [9.17, 15) is 4.79 Å². The predicted octanol–water partition coefficient (Wildman–Crippen LogP) is 2.31. The first-order chi connectivity index (χ1) is 6.84. The maximum atomic E-state index is 11.2. The highest BCUT2D eigenvalue weighted by Gasteiger charge is 2.14. The lowest BCUT2D eigenvalue weighted by Crippen LogP contribution is -2.03. The summed E-state index contributed by atoms with van der Waals surface area (Å²) in [6.45, 7) is 0. The number of carbonyl (C=O) groups is 1. The van der Waals surface area contributed by atoms with Crippen LogP contribution < -0.4 is 0 Å². The smallest absolute Gasteiger partial charge is 0.161 e. The van der Waals surface area contributed by atoms with Crippen LogP contribution in [-0.4, -0.2) is 10.8 Å². The molecule has 1 aliphatic carbocycles. The largest absolute Gasteiger partial charge is 0.358 e. The fourth-order valence-electron chi connectivity index (χ4n) is 1.96. The van der Waals surface area contributed by atoms with Crippen LogP contribution in [0.15, 0.2) is 30.3 Å². The molecule has 0 amide bonds. The van der Waals surface area contributed by atoms with E-state index in [0.29, 0.717) is 6.42 Å². The van der Waals surface area contributed by atoms with Crippen LogP contribution in [0, 0.1) is 0 Å². The number of H-pyrrole nitrogens is 1. The molecule has 1 heterocycles. The number of allylic oxidation sites excluding steroid dienone is 1. The van der Waals surface area contributed by atoms with E-state index in [1.807, 2.05) is 24.3 Å². The summed E-state index contributed by atoms with van der Waals surface area (Å²) >= 11 is 0. The fraction of sp³-hybridized carbons (Fsp3) is 0.0833. The molecule has 0 atom stereocenters. The summed E-state index contributed by atoms with van der Waals surface area (Å²) < 4.78 is 0. The van der Waals surface area contributed by atoms with Crippen LogP contribution in [0.1, 0.15) is 11.3 Å². The molecule has 3 rings (SSSR count). The molecule has 0 bridgehead atoms. The number of nitrogens with one attached hydrogen (secondary N) is 1. The Morgan fingerprint density at radius 3 is 2.93 bits per heavy atom. The third-order valence-electron chi connectivity index (χ3n) is 2.61. The zero-order chi connectivity index (χ0) is 9.54. The number of aromatic nitrogens is 1. The van der Waals surface area contributed by atoms with Crippen molar-refractivity contribution in [2.24, 2.45) is 0 Å². The SMILES string of the molecule is O=C1C=Cc2c([nH]c3ccccc23)C1. The van der Waals surface area contributed by atoms with E-state index >= 15 is 0 Å². The Morgan fingerprint density at radius 2 is 2.00 bits per heavy atom. The zero-order valence-electron chi connectivity index (χ0n) is 7.58. The van der Waals surface area contributed by atoms with Crippen molar-refractivity contribution in [2.45, 2.75) is 6.42 Å². The number of rotatable bonds is 0. The van der Waals surface area contributed by atoms with Crippen LogP contribution >= 0.6 is 0 Å². The van der Waals surface area contributed by atoms with Gasteiger partial charge in [0, 0.05) is 22.2 Å². The quantitative estimate of drug-likeness (QED) is 0.668. The highest BCUT2D eigenvalue weighted by Crippen LogP contribution is 2.26. The van der Waals surface area contributed by atoms with Crippen molar-refractivity contribution in [1.82, 2.24) is 4.98 Å². The Bertz CT molecular complexity index is 548. The number of benzene rings is 1. The molecule has 2 heteroatoms. The topological polar surface area (TPSA) is 32.9 Å². The third kappa shape index (κ3) is 0.940. The van der Waals surface area contributed by atoms with Crippen molar-refractivity contribution in [3.8, 4) is 0 Å². The van der Waals surface area contributed by atoms with Gasteiger partial charge in [-0.25, -0.2) is 0 Å². The molecule has 0 unspecified atom stereocenters. The summed E-state index contributed by atoms with van der Waals surface area (Å²) in [5.41, 5.74) is 3.32. The second kappa shape index (κ2) is 2.58. The van der Waals surface area contributed by atoms with E-state index < -0.39 is 0 Å². The number of hydrogen-bond acceptors (Lipinski definition) is 1. The lowest BCUT2D eigenvalue weighted by atomic mass is 10.0. The van der Waals surface area contributed by atoms with Crippen molar-refractivity contribution < 1.29 is 4.79 Å². The van der Waals surface area contributed by atoms with E-state index in [2.05, 4.69) is 11.1 Å². The molecule has 1 aromatic heterocycles. The molecule has 0 aliphatic heterocycles. The van der Waals surface area contributed by atoms with Gasteiger partial charge in [-0.15, -0.1) is 0 Å². The number of fused-ring (bicyclic) bond motifs is 3. The molecule has 2 aromatic rings. The molecule has 1 N–H and O–H groups in total. The van der Waals surface area contributed by atoms with Gasteiger partial charge in [0.1, 0.15) is 0 Å². The molecular weight excluding hydrogens is 174 g/mol. The average molecular weight is 183 g/mol. The second-order valence-electron chi connectivity index (χ2n) is 3.54. The number of ketones is 1. The summed E-state index contributed by atoms with van der Waals surface area (Å²) in [6, 6.07) is 8.12. The number of aromatic amines is 1. The van der Waals surface area contributed by atoms with E-state index in [1.165, 1.54) is 10.9 Å². The maximum Gasteiger partial charge on any atom is 0.161 e. The number of carbonyl (C=O) groups excluding carboxylic acids is 1. The standard InChI is InChI=1S/C12H9NO/c14-8-5-6-10-9-3-1-2-4-11(9)13-12(10)7-8/h1-6,13H,7H2. The molecule has 0 saturated heterocycles. The average Bonchev–Trinajstić information content (AvgIpc) is 2.54. The molecular formula is C12H9NO. The van der Waals surface area contributed by atoms with E-state index in [4.69, 9.17) is 0 Å². The molecule has 14 heavy (non-hydrogen) atoms. The Balaban J connectivity index is 2.37. The van der Waals surface area contributed by atoms with Crippen LogP contribution in [0.5, 0.6) is 0 Å². The van der Waals surface area contributed by atoms with Crippen LogP contribution in [0.25, 0.3) is 17.0 Å². The van der Waals surface area contributed by atoms with Gasteiger partial charge in [-0.1, -0.05) is 18.2 Å². The van der Waals surface area contributed by atoms with E-state index in [0.717, 1.165) is 11.2 Å². The van der Waals surface area contributed by atoms with Crippen molar-refractivity contribution in [1.29, 1.82) is 0 Å². The van der Waals surface area contributed by atoms with Crippen LogP contribution in [0.2, 0.25) is 0 Å². The Labute approximate surface area is 81.2 Å². The van der Waals surface area contributed by atoms with Crippen LogP contribution in [-0.2, 0) is 11.2 Å². The Morgan fingerprint density at radius 1 is 1.14 bits per heavy atom. The van der Waals surface area contributed by atoms with Gasteiger partial charge in [-0.2, -0.15) is 0 Å². The molecule has 0 spiro atoms. The molecule has 0 radical (unpaired) electrons. The highest BCUT2D eigenvalue weighted by molar-refractivity contribution is 6.03. The first kappa shape index (κ1) is 7.56. The van der Waals surface area contributed by atoms with E-state index in [-0.39, 0.29) is 5.78 Å². The van der Waals surface area contributed by atoms with Crippen LogP contribution in [0.3, 0.4) is 0 Å². The Kier molecular flexibility index (Phi) is 1.39. The van der Waals surface area contributed by atoms with Gasteiger partial charge < -0.3 is 4.98 Å². The van der Waals surface area contributed by atoms with Gasteiger partial charge in [0.05, 0.1) is 6.42 Å². The minimum absolute atomic E-state index is 0.170. The number of hydrogen-bond donors (Lipinski definition) is 1. The Hall–Kier alpha value is -1.83. The van der Waals surface area contributed by atoms with Gasteiger partial charge in [-0.3, -0.25) is 4.79 Å². The normalized spacial score (nSPS) is 14.7.